The number of carbonyl (C=O) groups excluding carboxylic acids is 1. The van der Waals surface area contributed by atoms with E-state index in [2.05, 4.69) is 5.73 Å². The van der Waals surface area contributed by atoms with Crippen molar-refractivity contribution < 1.29 is 24.2 Å². The second-order valence-corrected chi connectivity index (χ2v) is 5.52. The average molecular weight is 338 g/mol. The highest BCUT2D eigenvalue weighted by molar-refractivity contribution is 5.76. The van der Waals surface area contributed by atoms with Crippen LogP contribution in [0.15, 0.2) is 18.2 Å². The zero-order valence-corrected chi connectivity index (χ0v) is 13.8. The van der Waals surface area contributed by atoms with E-state index in [1.807, 2.05) is 0 Å². The average Bonchev–Trinajstić information content (AvgIpc) is 2.63. The van der Waals surface area contributed by atoms with Crippen molar-refractivity contribution in [3.63, 3.8) is 0 Å². The molecule has 0 radical (unpaired) electrons. The van der Waals surface area contributed by atoms with Crippen LogP contribution in [0.5, 0.6) is 11.5 Å². The summed E-state index contributed by atoms with van der Waals surface area (Å²) in [5.41, 5.74) is 10.8. The fourth-order valence-electron chi connectivity index (χ4n) is 2.27. The topological polar surface area (TPSA) is 125 Å². The maximum Gasteiger partial charge on any atom is 0.317 e. The Bertz CT molecular complexity index is 516. The van der Waals surface area contributed by atoms with E-state index in [0.717, 1.165) is 6.29 Å². The number of rotatable bonds is 2. The molecule has 1 aliphatic carbocycles. The molecule has 0 spiro atoms. The van der Waals surface area contributed by atoms with Gasteiger partial charge in [-0.3, -0.25) is 9.59 Å². The molecule has 0 atom stereocenters. The Morgan fingerprint density at radius 1 is 1.17 bits per heavy atom. The van der Waals surface area contributed by atoms with Gasteiger partial charge in [-0.15, -0.1) is 0 Å². The van der Waals surface area contributed by atoms with E-state index < -0.39 is 5.97 Å². The number of ether oxygens (including phenoxy) is 2. The summed E-state index contributed by atoms with van der Waals surface area (Å²) in [5.74, 6) is 0.405. The molecular weight excluding hydrogens is 312 g/mol. The molecule has 5 N–H and O–H groups in total. The van der Waals surface area contributed by atoms with Gasteiger partial charge in [-0.1, -0.05) is 19.3 Å². The molecule has 1 aliphatic heterocycles. The van der Waals surface area contributed by atoms with Crippen molar-refractivity contribution in [1.29, 1.82) is 0 Å². The molecule has 2 aliphatic rings. The molecule has 1 fully saturated rings. The van der Waals surface area contributed by atoms with E-state index in [1.165, 1.54) is 32.1 Å². The first-order valence-corrected chi connectivity index (χ1v) is 8.09. The molecule has 134 valence electrons. The number of hydrogen-bond donors (Lipinski definition) is 3. The number of carboxylic acid groups (broad SMARTS) is 1. The van der Waals surface area contributed by atoms with E-state index in [4.69, 9.17) is 20.3 Å². The van der Waals surface area contributed by atoms with Gasteiger partial charge in [-0.2, -0.15) is 0 Å². The van der Waals surface area contributed by atoms with Crippen LogP contribution in [0.3, 0.4) is 0 Å². The molecular formula is C17H26N2O5. The molecule has 24 heavy (non-hydrogen) atoms. The van der Waals surface area contributed by atoms with Crippen LogP contribution in [0.25, 0.3) is 0 Å². The quantitative estimate of drug-likeness (QED) is 0.699. The zero-order valence-electron chi connectivity index (χ0n) is 13.8. The predicted octanol–water partition coefficient (Wildman–Crippen LogP) is 1.58. The second-order valence-electron chi connectivity index (χ2n) is 5.52. The lowest BCUT2D eigenvalue weighted by Crippen LogP contribution is -2.22. The highest BCUT2D eigenvalue weighted by Gasteiger charge is 2.10. The van der Waals surface area contributed by atoms with Gasteiger partial charge in [0.05, 0.1) is 6.54 Å². The summed E-state index contributed by atoms with van der Waals surface area (Å²) in [7, 11) is 0. The van der Waals surface area contributed by atoms with Gasteiger partial charge in [0.1, 0.15) is 19.5 Å². The number of aliphatic carboxylic acids is 1. The molecule has 1 saturated carbocycles. The summed E-state index contributed by atoms with van der Waals surface area (Å²) in [4.78, 5) is 19.6. The van der Waals surface area contributed by atoms with Crippen LogP contribution in [-0.4, -0.2) is 43.2 Å². The Labute approximate surface area is 141 Å². The maximum atomic E-state index is 10.4. The van der Waals surface area contributed by atoms with E-state index in [-0.39, 0.29) is 6.54 Å². The van der Waals surface area contributed by atoms with Crippen molar-refractivity contribution in [3.8, 4) is 11.5 Å². The van der Waals surface area contributed by atoms with Crippen LogP contribution in [-0.2, 0) is 4.79 Å². The third kappa shape index (κ3) is 7.94. The summed E-state index contributed by atoms with van der Waals surface area (Å²) in [6.07, 6.45) is 7.45. The number of hydrogen-bond acceptors (Lipinski definition) is 6. The van der Waals surface area contributed by atoms with Gasteiger partial charge in [-0.25, -0.2) is 0 Å². The van der Waals surface area contributed by atoms with Crippen molar-refractivity contribution in [2.24, 2.45) is 11.5 Å². The van der Waals surface area contributed by atoms with Gasteiger partial charge in [0, 0.05) is 11.6 Å². The normalized spacial score (nSPS) is 15.9. The lowest BCUT2D eigenvalue weighted by molar-refractivity contribution is -0.135. The fourth-order valence-corrected chi connectivity index (χ4v) is 2.27. The minimum absolute atomic E-state index is 0.278. The first kappa shape index (κ1) is 19.9. The summed E-state index contributed by atoms with van der Waals surface area (Å²) >= 11 is 0. The van der Waals surface area contributed by atoms with Gasteiger partial charge < -0.3 is 26.0 Å². The van der Waals surface area contributed by atoms with Gasteiger partial charge in [0.2, 0.25) is 0 Å². The Balaban J connectivity index is 0.000000205. The Kier molecular flexibility index (Phi) is 9.48. The van der Waals surface area contributed by atoms with E-state index >= 15 is 0 Å². The molecule has 0 bridgehead atoms. The smallest absolute Gasteiger partial charge is 0.317 e. The van der Waals surface area contributed by atoms with Gasteiger partial charge in [0.25, 0.3) is 0 Å². The van der Waals surface area contributed by atoms with Crippen LogP contribution >= 0.6 is 0 Å². The van der Waals surface area contributed by atoms with Crippen molar-refractivity contribution in [2.45, 2.75) is 38.1 Å². The molecule has 3 rings (SSSR count). The second kappa shape index (κ2) is 11.4. The lowest BCUT2D eigenvalue weighted by atomic mass is 9.97. The van der Waals surface area contributed by atoms with Crippen molar-refractivity contribution in [2.75, 3.05) is 19.8 Å². The Morgan fingerprint density at radius 3 is 2.21 bits per heavy atom. The number of nitrogens with two attached hydrogens (primary N) is 2. The van der Waals surface area contributed by atoms with Crippen molar-refractivity contribution in [3.05, 3.63) is 23.8 Å². The third-order valence-electron chi connectivity index (χ3n) is 3.53. The molecule has 1 heterocycles. The van der Waals surface area contributed by atoms with E-state index in [9.17, 15) is 9.59 Å². The SMILES string of the molecule is NC1CCCCC1.NCC(=O)O.O=Cc1ccc2c(c1)OCCO2. The number of fused-ring (bicyclic) bond motifs is 1. The summed E-state index contributed by atoms with van der Waals surface area (Å²) in [6.45, 7) is 0.850. The van der Waals surface area contributed by atoms with Crippen LogP contribution in [0, 0.1) is 0 Å². The molecule has 1 aromatic rings. The minimum Gasteiger partial charge on any atom is -0.486 e. The first-order chi connectivity index (χ1) is 11.6. The van der Waals surface area contributed by atoms with Gasteiger partial charge >= 0.3 is 5.97 Å². The molecule has 7 nitrogen and oxygen atoms in total. The molecule has 0 unspecified atom stereocenters. The number of benzene rings is 1. The van der Waals surface area contributed by atoms with Crippen molar-refractivity contribution in [1.82, 2.24) is 0 Å². The minimum atomic E-state index is -0.968. The largest absolute Gasteiger partial charge is 0.486 e. The van der Waals surface area contributed by atoms with Crippen molar-refractivity contribution >= 4 is 12.3 Å². The van der Waals surface area contributed by atoms with E-state index in [0.29, 0.717) is 36.3 Å². The van der Waals surface area contributed by atoms with Crippen LogP contribution in [0.1, 0.15) is 42.5 Å². The fraction of sp³-hybridized carbons (Fsp3) is 0.529. The Hall–Kier alpha value is -2.12. The van der Waals surface area contributed by atoms with Gasteiger partial charge in [-0.05, 0) is 31.0 Å². The predicted molar refractivity (Wildman–Crippen MR) is 90.6 cm³/mol. The molecule has 7 heteroatoms. The monoisotopic (exact) mass is 338 g/mol. The summed E-state index contributed by atoms with van der Waals surface area (Å²) in [6, 6.07) is 5.68. The summed E-state index contributed by atoms with van der Waals surface area (Å²) in [5, 5.41) is 7.60. The van der Waals surface area contributed by atoms with Crippen LogP contribution in [0.2, 0.25) is 0 Å². The van der Waals surface area contributed by atoms with E-state index in [1.54, 1.807) is 18.2 Å². The standard InChI is InChI=1S/C9H8O3.C6H13N.C2H5NO2/c10-6-7-1-2-8-9(5-7)12-4-3-11-8;7-6-4-2-1-3-5-6;3-1-2(4)5/h1-2,5-6H,3-4H2;6H,1-5,7H2;1,3H2,(H,4,5). The van der Waals surface area contributed by atoms with Crippen LogP contribution < -0.4 is 20.9 Å². The summed E-state index contributed by atoms with van der Waals surface area (Å²) < 4.78 is 10.6. The number of carboxylic acids is 1. The molecule has 0 amide bonds. The molecule has 1 aromatic carbocycles. The Morgan fingerprint density at radius 2 is 1.75 bits per heavy atom. The lowest BCUT2D eigenvalue weighted by Gasteiger charge is -2.17. The number of aldehydes is 1. The maximum absolute atomic E-state index is 10.4. The zero-order chi connectivity index (χ0) is 17.8. The van der Waals surface area contributed by atoms with Crippen LogP contribution in [0.4, 0.5) is 0 Å². The first-order valence-electron chi connectivity index (χ1n) is 8.09. The molecule has 0 saturated heterocycles. The number of carbonyl (C=O) groups is 2. The third-order valence-corrected chi connectivity index (χ3v) is 3.53. The molecule has 0 aromatic heterocycles. The highest BCUT2D eigenvalue weighted by atomic mass is 16.6. The van der Waals surface area contributed by atoms with Gasteiger partial charge in [0.15, 0.2) is 11.5 Å². The highest BCUT2D eigenvalue weighted by Crippen LogP contribution is 2.30.